The molecule has 4 rings (SSSR count). The molecule has 0 aliphatic carbocycles. The quantitative estimate of drug-likeness (QED) is 0.577. The SMILES string of the molecule is O=COn1ccc(C(=O)NC2(c3ccc(OC(F)(F)F)cc3)CCOc3cccnc32)n1. The summed E-state index contributed by atoms with van der Waals surface area (Å²) >= 11 is 0. The summed E-state index contributed by atoms with van der Waals surface area (Å²) in [7, 11) is 0. The van der Waals surface area contributed by atoms with E-state index in [1.165, 1.54) is 30.6 Å². The summed E-state index contributed by atoms with van der Waals surface area (Å²) in [5, 5.41) is 6.74. The molecule has 1 aliphatic heterocycles. The van der Waals surface area contributed by atoms with Crippen molar-refractivity contribution in [2.24, 2.45) is 0 Å². The number of fused-ring (bicyclic) bond motifs is 1. The summed E-state index contributed by atoms with van der Waals surface area (Å²) < 4.78 is 47.2. The fourth-order valence-corrected chi connectivity index (χ4v) is 3.47. The first-order valence-corrected chi connectivity index (χ1v) is 9.24. The Balaban J connectivity index is 1.73. The van der Waals surface area contributed by atoms with Crippen molar-refractivity contribution in [3.05, 3.63) is 71.8 Å². The van der Waals surface area contributed by atoms with Gasteiger partial charge in [0.25, 0.3) is 5.91 Å². The maximum atomic E-state index is 13.0. The molecule has 9 nitrogen and oxygen atoms in total. The first-order chi connectivity index (χ1) is 15.3. The van der Waals surface area contributed by atoms with E-state index in [9.17, 15) is 22.8 Å². The van der Waals surface area contributed by atoms with Gasteiger partial charge in [0, 0.05) is 12.6 Å². The number of amides is 1. The van der Waals surface area contributed by atoms with Crippen LogP contribution in [-0.2, 0) is 10.3 Å². The number of alkyl halides is 3. The minimum atomic E-state index is -4.83. The number of benzene rings is 1. The highest BCUT2D eigenvalue weighted by molar-refractivity contribution is 5.93. The zero-order valence-electron chi connectivity index (χ0n) is 16.2. The van der Waals surface area contributed by atoms with E-state index in [-0.39, 0.29) is 25.2 Å². The second-order valence-electron chi connectivity index (χ2n) is 6.69. The Labute approximate surface area is 178 Å². The van der Waals surface area contributed by atoms with Gasteiger partial charge in [0.15, 0.2) is 5.69 Å². The van der Waals surface area contributed by atoms with Gasteiger partial charge in [-0.25, -0.2) is 0 Å². The van der Waals surface area contributed by atoms with E-state index in [1.54, 1.807) is 12.1 Å². The van der Waals surface area contributed by atoms with Crippen LogP contribution in [0.5, 0.6) is 11.5 Å². The molecule has 32 heavy (non-hydrogen) atoms. The second kappa shape index (κ2) is 8.21. The summed E-state index contributed by atoms with van der Waals surface area (Å²) in [6, 6.07) is 9.82. The third-order valence-corrected chi connectivity index (χ3v) is 4.77. The van der Waals surface area contributed by atoms with Gasteiger partial charge < -0.3 is 19.6 Å². The lowest BCUT2D eigenvalue weighted by atomic mass is 9.81. The molecule has 3 aromatic rings. The van der Waals surface area contributed by atoms with Gasteiger partial charge in [-0.3, -0.25) is 14.6 Å². The third-order valence-electron chi connectivity index (χ3n) is 4.77. The number of aromatic nitrogens is 3. The number of nitrogens with one attached hydrogen (secondary N) is 1. The maximum absolute atomic E-state index is 13.0. The topological polar surface area (TPSA) is 105 Å². The van der Waals surface area contributed by atoms with Gasteiger partial charge in [0.2, 0.25) is 0 Å². The van der Waals surface area contributed by atoms with E-state index in [1.807, 2.05) is 0 Å². The number of rotatable bonds is 6. The van der Waals surface area contributed by atoms with Crippen LogP contribution >= 0.6 is 0 Å². The smallest absolute Gasteiger partial charge is 0.491 e. The lowest BCUT2D eigenvalue weighted by Crippen LogP contribution is -2.50. The van der Waals surface area contributed by atoms with E-state index in [0.29, 0.717) is 17.0 Å². The van der Waals surface area contributed by atoms with Crippen molar-refractivity contribution in [3.8, 4) is 11.5 Å². The van der Waals surface area contributed by atoms with Crippen molar-refractivity contribution < 1.29 is 37.1 Å². The molecule has 166 valence electrons. The summed E-state index contributed by atoms with van der Waals surface area (Å²) in [5.74, 6) is -0.599. The lowest BCUT2D eigenvalue weighted by Gasteiger charge is -2.38. The number of carbonyl (C=O) groups excluding carboxylic acids is 2. The maximum Gasteiger partial charge on any atom is 0.573 e. The van der Waals surface area contributed by atoms with E-state index in [4.69, 9.17) is 4.74 Å². The van der Waals surface area contributed by atoms with Crippen LogP contribution in [0.25, 0.3) is 0 Å². The summed E-state index contributed by atoms with van der Waals surface area (Å²) in [4.78, 5) is 33.2. The van der Waals surface area contributed by atoms with E-state index < -0.39 is 23.6 Å². The molecule has 0 radical (unpaired) electrons. The molecule has 1 aromatic carbocycles. The Morgan fingerprint density at radius 1 is 1.22 bits per heavy atom. The van der Waals surface area contributed by atoms with Gasteiger partial charge in [-0.15, -0.1) is 18.3 Å². The number of hydrogen-bond acceptors (Lipinski definition) is 7. The Kier molecular flexibility index (Phi) is 5.43. The van der Waals surface area contributed by atoms with Gasteiger partial charge >= 0.3 is 12.8 Å². The Morgan fingerprint density at radius 2 is 2.00 bits per heavy atom. The number of hydrogen-bond donors (Lipinski definition) is 1. The molecular weight excluding hydrogens is 433 g/mol. The molecule has 0 saturated carbocycles. The van der Waals surface area contributed by atoms with Crippen LogP contribution in [0.2, 0.25) is 0 Å². The van der Waals surface area contributed by atoms with Crippen LogP contribution in [0, 0.1) is 0 Å². The molecule has 3 heterocycles. The first kappa shape index (κ1) is 21.2. The zero-order valence-corrected chi connectivity index (χ0v) is 16.2. The molecule has 1 amide bonds. The van der Waals surface area contributed by atoms with Crippen LogP contribution in [0.4, 0.5) is 13.2 Å². The Bertz CT molecular complexity index is 1130. The van der Waals surface area contributed by atoms with Crippen LogP contribution in [-0.4, -0.2) is 40.3 Å². The van der Waals surface area contributed by atoms with Crippen LogP contribution in [0.15, 0.2) is 54.9 Å². The van der Waals surface area contributed by atoms with E-state index in [2.05, 4.69) is 25.0 Å². The lowest BCUT2D eigenvalue weighted by molar-refractivity contribution is -0.274. The predicted molar refractivity (Wildman–Crippen MR) is 101 cm³/mol. The van der Waals surface area contributed by atoms with Crippen molar-refractivity contribution in [1.29, 1.82) is 0 Å². The van der Waals surface area contributed by atoms with Crippen molar-refractivity contribution in [1.82, 2.24) is 20.2 Å². The minimum Gasteiger partial charge on any atom is -0.491 e. The summed E-state index contributed by atoms with van der Waals surface area (Å²) in [5.41, 5.74) is -0.426. The standard InChI is InChI=1S/C20H15F3N4O5/c21-20(22,23)32-14-5-3-13(4-6-14)19(8-11-30-16-2-1-9-24-17(16)19)25-18(29)15-7-10-27(26-15)31-12-28/h1-7,9-10,12H,8,11H2,(H,25,29). The number of halogens is 3. The summed E-state index contributed by atoms with van der Waals surface area (Å²) in [6.45, 7) is 0.363. The van der Waals surface area contributed by atoms with Crippen molar-refractivity contribution in [2.45, 2.75) is 18.3 Å². The van der Waals surface area contributed by atoms with Crippen LogP contribution in [0.3, 0.4) is 0 Å². The molecule has 0 spiro atoms. The zero-order chi connectivity index (χ0) is 22.8. The molecule has 1 atom stereocenters. The van der Waals surface area contributed by atoms with Crippen molar-refractivity contribution in [2.75, 3.05) is 6.61 Å². The molecule has 0 bridgehead atoms. The monoisotopic (exact) mass is 448 g/mol. The van der Waals surface area contributed by atoms with Gasteiger partial charge in [0.1, 0.15) is 22.7 Å². The first-order valence-electron chi connectivity index (χ1n) is 9.24. The number of ether oxygens (including phenoxy) is 2. The highest BCUT2D eigenvalue weighted by atomic mass is 19.4. The number of carbonyl (C=O) groups is 2. The van der Waals surface area contributed by atoms with Crippen LogP contribution < -0.4 is 19.6 Å². The molecule has 1 aliphatic rings. The van der Waals surface area contributed by atoms with Crippen molar-refractivity contribution in [3.63, 3.8) is 0 Å². The van der Waals surface area contributed by atoms with E-state index in [0.717, 1.165) is 17.0 Å². The Hall–Kier alpha value is -4.09. The minimum absolute atomic E-state index is 0.0489. The average Bonchev–Trinajstić information content (AvgIpc) is 3.22. The molecular formula is C20H15F3N4O5. The highest BCUT2D eigenvalue weighted by Gasteiger charge is 2.43. The van der Waals surface area contributed by atoms with Gasteiger partial charge in [-0.1, -0.05) is 17.0 Å². The third kappa shape index (κ3) is 4.19. The number of pyridine rings is 1. The fraction of sp³-hybridized carbons (Fsp3) is 0.200. The average molecular weight is 448 g/mol. The fourth-order valence-electron chi connectivity index (χ4n) is 3.47. The van der Waals surface area contributed by atoms with Gasteiger partial charge in [-0.2, -0.15) is 0 Å². The normalized spacial score (nSPS) is 17.6. The van der Waals surface area contributed by atoms with Crippen molar-refractivity contribution >= 4 is 12.4 Å². The molecule has 0 saturated heterocycles. The van der Waals surface area contributed by atoms with Gasteiger partial charge in [-0.05, 0) is 35.9 Å². The molecule has 1 unspecified atom stereocenters. The molecule has 2 aromatic heterocycles. The molecule has 1 N–H and O–H groups in total. The largest absolute Gasteiger partial charge is 0.573 e. The Morgan fingerprint density at radius 3 is 2.72 bits per heavy atom. The molecule has 0 fully saturated rings. The molecule has 12 heteroatoms. The van der Waals surface area contributed by atoms with Crippen LogP contribution in [0.1, 0.15) is 28.2 Å². The second-order valence-corrected chi connectivity index (χ2v) is 6.69. The van der Waals surface area contributed by atoms with E-state index >= 15 is 0 Å². The van der Waals surface area contributed by atoms with Gasteiger partial charge in [0.05, 0.1) is 12.8 Å². The summed E-state index contributed by atoms with van der Waals surface area (Å²) in [6.07, 6.45) is -1.80. The highest BCUT2D eigenvalue weighted by Crippen LogP contribution is 2.41. The number of nitrogens with zero attached hydrogens (tertiary/aromatic N) is 3. The predicted octanol–water partition coefficient (Wildman–Crippen LogP) is 2.22.